The summed E-state index contributed by atoms with van der Waals surface area (Å²) in [5.41, 5.74) is 1.53. The molecule has 2 saturated heterocycles. The van der Waals surface area contributed by atoms with Crippen LogP contribution in [0.25, 0.3) is 10.2 Å². The van der Waals surface area contributed by atoms with Crippen LogP contribution >= 0.6 is 11.3 Å². The number of nitrogens with one attached hydrogen (secondary N) is 3. The van der Waals surface area contributed by atoms with Crippen molar-refractivity contribution in [1.29, 1.82) is 0 Å². The van der Waals surface area contributed by atoms with Gasteiger partial charge in [0.15, 0.2) is 5.82 Å². The van der Waals surface area contributed by atoms with Gasteiger partial charge in [-0.25, -0.2) is 9.97 Å². The first-order valence-electron chi connectivity index (χ1n) is 12.1. The summed E-state index contributed by atoms with van der Waals surface area (Å²) in [4.78, 5) is 16.2. The van der Waals surface area contributed by atoms with Crippen LogP contribution < -0.4 is 15.1 Å². The Morgan fingerprint density at radius 3 is 2.73 bits per heavy atom. The quantitative estimate of drug-likeness (QED) is 0.566. The lowest BCUT2D eigenvalue weighted by Gasteiger charge is -2.26. The highest BCUT2D eigenvalue weighted by Crippen LogP contribution is 2.39. The van der Waals surface area contributed by atoms with E-state index in [-0.39, 0.29) is 0 Å². The van der Waals surface area contributed by atoms with E-state index < -0.39 is 0 Å². The molecule has 2 aromatic rings. The minimum Gasteiger partial charge on any atom is -0.370 e. The summed E-state index contributed by atoms with van der Waals surface area (Å²) in [5.74, 6) is 3.02. The molecule has 1 aliphatic carbocycles. The molecule has 0 aromatic carbocycles. The lowest BCUT2D eigenvalue weighted by atomic mass is 9.99. The molecule has 0 amide bonds. The number of likely N-dealkylation sites (tertiary alicyclic amines) is 1. The van der Waals surface area contributed by atoms with Crippen molar-refractivity contribution in [3.63, 3.8) is 0 Å². The zero-order valence-electron chi connectivity index (χ0n) is 18.4. The van der Waals surface area contributed by atoms with Crippen molar-refractivity contribution in [2.75, 3.05) is 57.8 Å². The Hall–Kier alpha value is -1.28. The lowest BCUT2D eigenvalue weighted by molar-refractivity contribution is -0.920. The van der Waals surface area contributed by atoms with Gasteiger partial charge in [-0.2, -0.15) is 0 Å². The fourth-order valence-electron chi connectivity index (χ4n) is 5.27. The molecule has 3 aliphatic rings. The van der Waals surface area contributed by atoms with Gasteiger partial charge >= 0.3 is 0 Å². The van der Waals surface area contributed by atoms with Gasteiger partial charge in [-0.1, -0.05) is 6.92 Å². The van der Waals surface area contributed by atoms with Gasteiger partial charge in [0.1, 0.15) is 30.3 Å². The number of anilines is 1. The molecule has 0 saturated carbocycles. The molecule has 0 spiro atoms. The summed E-state index contributed by atoms with van der Waals surface area (Å²) in [6.07, 6.45) is 7.55. The van der Waals surface area contributed by atoms with Crippen LogP contribution in [0, 0.1) is 5.92 Å². The summed E-state index contributed by atoms with van der Waals surface area (Å²) in [6, 6.07) is 0. The van der Waals surface area contributed by atoms with Crippen LogP contribution in [0.4, 0.5) is 5.82 Å². The number of ether oxygens (including phenoxy) is 1. The van der Waals surface area contributed by atoms with Gasteiger partial charge in [0.25, 0.3) is 0 Å². The predicted molar refractivity (Wildman–Crippen MR) is 122 cm³/mol. The van der Waals surface area contributed by atoms with E-state index in [0.717, 1.165) is 57.0 Å². The molecule has 6 nitrogen and oxygen atoms in total. The van der Waals surface area contributed by atoms with Gasteiger partial charge in [-0.3, -0.25) is 0 Å². The van der Waals surface area contributed by atoms with E-state index in [0.29, 0.717) is 0 Å². The Kier molecular flexibility index (Phi) is 6.51. The molecule has 0 bridgehead atoms. The molecule has 164 valence electrons. The van der Waals surface area contributed by atoms with Crippen LogP contribution in [0.3, 0.4) is 0 Å². The van der Waals surface area contributed by atoms with Crippen LogP contribution in [-0.2, 0) is 24.1 Å². The summed E-state index contributed by atoms with van der Waals surface area (Å²) in [7, 11) is 0. The van der Waals surface area contributed by atoms with Crippen molar-refractivity contribution in [2.45, 2.75) is 52.0 Å². The van der Waals surface area contributed by atoms with Crippen LogP contribution in [0.15, 0.2) is 0 Å². The molecule has 0 radical (unpaired) electrons. The molecule has 30 heavy (non-hydrogen) atoms. The molecule has 0 atom stereocenters. The number of thiophene rings is 1. The van der Waals surface area contributed by atoms with E-state index in [4.69, 9.17) is 14.7 Å². The molecule has 7 heteroatoms. The zero-order chi connectivity index (χ0) is 20.3. The minimum atomic E-state index is 0.878. The van der Waals surface area contributed by atoms with Crippen molar-refractivity contribution in [3.8, 4) is 0 Å². The second-order valence-electron chi connectivity index (χ2n) is 9.53. The number of quaternary nitrogens is 2. The summed E-state index contributed by atoms with van der Waals surface area (Å²) < 4.78 is 5.48. The zero-order valence-corrected chi connectivity index (χ0v) is 19.2. The summed E-state index contributed by atoms with van der Waals surface area (Å²) in [6.45, 7) is 12.2. The maximum absolute atomic E-state index is 5.48. The number of fused-ring (bicyclic) bond motifs is 3. The lowest BCUT2D eigenvalue weighted by Crippen LogP contribution is -3.14. The summed E-state index contributed by atoms with van der Waals surface area (Å²) in [5, 5.41) is 5.06. The van der Waals surface area contributed by atoms with E-state index in [1.807, 2.05) is 11.3 Å². The van der Waals surface area contributed by atoms with E-state index in [2.05, 4.69) is 12.2 Å². The highest BCUT2D eigenvalue weighted by Gasteiger charge is 2.25. The van der Waals surface area contributed by atoms with Crippen LogP contribution in [0.5, 0.6) is 0 Å². The number of piperidine rings is 1. The SMILES string of the molecule is CC1CC[NH+](Cc2nc(NCCC[NH+]3CCOCC3)c3c4c(sc3n2)CCC4)CC1. The average Bonchev–Trinajstić information content (AvgIpc) is 3.34. The van der Waals surface area contributed by atoms with E-state index in [1.165, 1.54) is 73.9 Å². The topological polar surface area (TPSA) is 55.9 Å². The van der Waals surface area contributed by atoms with Crippen molar-refractivity contribution in [2.24, 2.45) is 5.92 Å². The molecular formula is C23H37N5OS+2. The summed E-state index contributed by atoms with van der Waals surface area (Å²) >= 11 is 1.92. The Balaban J connectivity index is 1.29. The van der Waals surface area contributed by atoms with Crippen molar-refractivity contribution in [3.05, 3.63) is 16.3 Å². The van der Waals surface area contributed by atoms with Gasteiger partial charge in [-0.05, 0) is 43.6 Å². The van der Waals surface area contributed by atoms with Gasteiger partial charge in [-0.15, -0.1) is 11.3 Å². The number of nitrogens with zero attached hydrogens (tertiary/aromatic N) is 2. The van der Waals surface area contributed by atoms with Crippen molar-refractivity contribution < 1.29 is 14.5 Å². The molecule has 2 fully saturated rings. The van der Waals surface area contributed by atoms with Crippen molar-refractivity contribution >= 4 is 27.4 Å². The standard InChI is InChI=1S/C23H35N5OS/c1-17-6-10-28(11-7-17)16-20-25-22(24-8-3-9-27-12-14-29-15-13-27)21-18-4-2-5-19(18)30-23(21)26-20/h17H,2-16H2,1H3,(H,24,25,26)/p+2. The van der Waals surface area contributed by atoms with Gasteiger partial charge < -0.3 is 19.9 Å². The second-order valence-corrected chi connectivity index (χ2v) is 10.6. The first kappa shape index (κ1) is 20.6. The monoisotopic (exact) mass is 431 g/mol. The first-order valence-corrected chi connectivity index (χ1v) is 12.9. The van der Waals surface area contributed by atoms with Gasteiger partial charge in [0.2, 0.25) is 0 Å². The molecule has 0 unspecified atom stereocenters. The second kappa shape index (κ2) is 9.47. The Morgan fingerprint density at radius 1 is 1.07 bits per heavy atom. The Bertz CT molecular complexity index is 855. The minimum absolute atomic E-state index is 0.878. The smallest absolute Gasteiger partial charge is 0.187 e. The normalized spacial score (nSPS) is 25.0. The largest absolute Gasteiger partial charge is 0.370 e. The molecule has 2 aromatic heterocycles. The highest BCUT2D eigenvalue weighted by atomic mass is 32.1. The van der Waals surface area contributed by atoms with E-state index in [9.17, 15) is 0 Å². The molecule has 3 N–H and O–H groups in total. The molecule has 2 aliphatic heterocycles. The Morgan fingerprint density at radius 2 is 1.90 bits per heavy atom. The first-order chi connectivity index (χ1) is 14.8. The number of hydrogen-bond donors (Lipinski definition) is 3. The van der Waals surface area contributed by atoms with E-state index >= 15 is 0 Å². The fraction of sp³-hybridized carbons (Fsp3) is 0.739. The number of hydrogen-bond acceptors (Lipinski definition) is 5. The van der Waals surface area contributed by atoms with Crippen LogP contribution in [0.2, 0.25) is 0 Å². The third kappa shape index (κ3) is 4.64. The molecule has 5 rings (SSSR count). The number of aryl methyl sites for hydroxylation is 2. The number of morpholine rings is 1. The molecule has 4 heterocycles. The highest BCUT2D eigenvalue weighted by molar-refractivity contribution is 7.19. The number of rotatable bonds is 7. The van der Waals surface area contributed by atoms with Crippen molar-refractivity contribution in [1.82, 2.24) is 9.97 Å². The number of aromatic nitrogens is 2. The fourth-order valence-corrected chi connectivity index (χ4v) is 6.55. The maximum Gasteiger partial charge on any atom is 0.187 e. The van der Waals surface area contributed by atoms with Gasteiger partial charge in [0.05, 0.1) is 38.2 Å². The predicted octanol–water partition coefficient (Wildman–Crippen LogP) is 0.712. The third-order valence-electron chi connectivity index (χ3n) is 7.20. The van der Waals surface area contributed by atoms with Crippen LogP contribution in [0.1, 0.15) is 48.9 Å². The van der Waals surface area contributed by atoms with Gasteiger partial charge in [0, 0.05) is 17.8 Å². The Labute approximate surface area is 184 Å². The van der Waals surface area contributed by atoms with Crippen LogP contribution in [-0.4, -0.2) is 62.5 Å². The van der Waals surface area contributed by atoms with E-state index in [1.54, 1.807) is 14.7 Å². The maximum atomic E-state index is 5.48. The third-order valence-corrected chi connectivity index (χ3v) is 8.39. The molecular weight excluding hydrogens is 394 g/mol. The average molecular weight is 432 g/mol.